The van der Waals surface area contributed by atoms with E-state index in [1.54, 1.807) is 0 Å². The number of ketones is 1. The average molecular weight is 206 g/mol. The molecule has 1 nitrogen and oxygen atoms in total. The van der Waals surface area contributed by atoms with Crippen LogP contribution in [-0.2, 0) is 4.79 Å². The van der Waals surface area contributed by atoms with Crippen LogP contribution in [-0.4, -0.2) is 5.78 Å². The van der Waals surface area contributed by atoms with Crippen LogP contribution in [0, 0.1) is 22.2 Å². The van der Waals surface area contributed by atoms with E-state index in [0.717, 1.165) is 6.42 Å². The third kappa shape index (κ3) is 0.786. The van der Waals surface area contributed by atoms with E-state index in [-0.39, 0.29) is 10.8 Å². The van der Waals surface area contributed by atoms with Gasteiger partial charge in [-0.3, -0.25) is 4.79 Å². The summed E-state index contributed by atoms with van der Waals surface area (Å²) in [6.45, 7) is 7.01. The Labute approximate surface area is 92.6 Å². The van der Waals surface area contributed by atoms with Crippen molar-refractivity contribution in [2.45, 2.75) is 59.3 Å². The third-order valence-corrected chi connectivity index (χ3v) is 6.27. The van der Waals surface area contributed by atoms with E-state index in [0.29, 0.717) is 17.1 Å². The topological polar surface area (TPSA) is 17.1 Å². The van der Waals surface area contributed by atoms with Crippen LogP contribution in [0.1, 0.15) is 59.3 Å². The van der Waals surface area contributed by atoms with Crippen LogP contribution >= 0.6 is 0 Å². The molecule has 3 aliphatic rings. The number of carbonyl (C=O) groups excluding carboxylic acids is 1. The SMILES string of the molecule is C[C@@H]1CC[C@@]23CCC[C@@]12C(=O)CC3(C)C. The molecule has 0 aromatic carbocycles. The second-order valence-corrected chi connectivity index (χ2v) is 6.83. The van der Waals surface area contributed by atoms with Crippen LogP contribution in [0.4, 0.5) is 0 Å². The zero-order valence-electron chi connectivity index (χ0n) is 10.2. The van der Waals surface area contributed by atoms with Gasteiger partial charge in [0.1, 0.15) is 5.78 Å². The predicted molar refractivity (Wildman–Crippen MR) is 60.5 cm³/mol. The zero-order valence-corrected chi connectivity index (χ0v) is 10.2. The largest absolute Gasteiger partial charge is 0.299 e. The summed E-state index contributed by atoms with van der Waals surface area (Å²) in [7, 11) is 0. The Hall–Kier alpha value is -0.330. The Kier molecular flexibility index (Phi) is 1.64. The van der Waals surface area contributed by atoms with Crippen LogP contribution in [0.2, 0.25) is 0 Å². The van der Waals surface area contributed by atoms with E-state index >= 15 is 0 Å². The Morgan fingerprint density at radius 3 is 2.60 bits per heavy atom. The van der Waals surface area contributed by atoms with Gasteiger partial charge in [-0.25, -0.2) is 0 Å². The lowest BCUT2D eigenvalue weighted by Crippen LogP contribution is -2.41. The molecule has 15 heavy (non-hydrogen) atoms. The molecule has 0 heterocycles. The Balaban J connectivity index is 2.21. The molecule has 0 aliphatic heterocycles. The Bertz CT molecular complexity index is 330. The fourth-order valence-corrected chi connectivity index (χ4v) is 5.60. The van der Waals surface area contributed by atoms with Gasteiger partial charge in [0.15, 0.2) is 0 Å². The van der Waals surface area contributed by atoms with E-state index in [1.165, 1.54) is 32.1 Å². The molecule has 1 heteroatoms. The summed E-state index contributed by atoms with van der Waals surface area (Å²) in [5.41, 5.74) is 0.762. The molecule has 84 valence electrons. The minimum atomic E-state index is 0.108. The van der Waals surface area contributed by atoms with Gasteiger partial charge in [-0.1, -0.05) is 27.2 Å². The summed E-state index contributed by atoms with van der Waals surface area (Å²) >= 11 is 0. The first-order valence-electron chi connectivity index (χ1n) is 6.50. The van der Waals surface area contributed by atoms with Gasteiger partial charge in [0.05, 0.1) is 0 Å². The number of hydrogen-bond donors (Lipinski definition) is 0. The van der Waals surface area contributed by atoms with Crippen LogP contribution < -0.4 is 0 Å². The highest BCUT2D eigenvalue weighted by Crippen LogP contribution is 2.77. The Morgan fingerprint density at radius 2 is 1.93 bits per heavy atom. The monoisotopic (exact) mass is 206 g/mol. The molecule has 3 saturated carbocycles. The van der Waals surface area contributed by atoms with E-state index in [4.69, 9.17) is 0 Å². The molecule has 3 aliphatic carbocycles. The molecule has 0 radical (unpaired) electrons. The van der Waals surface area contributed by atoms with Crippen molar-refractivity contribution < 1.29 is 4.79 Å². The van der Waals surface area contributed by atoms with E-state index < -0.39 is 0 Å². The minimum Gasteiger partial charge on any atom is -0.299 e. The highest BCUT2D eigenvalue weighted by molar-refractivity contribution is 5.90. The number of carbonyl (C=O) groups is 1. The zero-order chi connectivity index (χ0) is 10.9. The summed E-state index contributed by atoms with van der Waals surface area (Å²) in [5, 5.41) is 0. The number of Topliss-reactive ketones (excluding diaryl/α,β-unsaturated/α-hetero) is 1. The molecule has 0 unspecified atom stereocenters. The van der Waals surface area contributed by atoms with Crippen molar-refractivity contribution in [3.05, 3.63) is 0 Å². The highest BCUT2D eigenvalue weighted by Gasteiger charge is 2.73. The van der Waals surface area contributed by atoms with Gasteiger partial charge in [-0.05, 0) is 42.4 Å². The predicted octanol–water partition coefficient (Wildman–Crippen LogP) is 3.57. The number of rotatable bonds is 0. The first-order chi connectivity index (χ1) is 6.96. The average Bonchev–Trinajstić information content (AvgIpc) is 2.68. The van der Waals surface area contributed by atoms with E-state index in [2.05, 4.69) is 20.8 Å². The maximum Gasteiger partial charge on any atom is 0.140 e. The molecule has 0 aromatic rings. The summed E-state index contributed by atoms with van der Waals surface area (Å²) in [6, 6.07) is 0. The maximum absolute atomic E-state index is 12.5. The fourth-order valence-electron chi connectivity index (χ4n) is 5.60. The summed E-state index contributed by atoms with van der Waals surface area (Å²) < 4.78 is 0. The second kappa shape index (κ2) is 2.49. The van der Waals surface area contributed by atoms with Crippen LogP contribution in [0.15, 0.2) is 0 Å². The molecule has 0 bridgehead atoms. The minimum absolute atomic E-state index is 0.108. The molecular weight excluding hydrogens is 184 g/mol. The van der Waals surface area contributed by atoms with Crippen LogP contribution in [0.5, 0.6) is 0 Å². The highest BCUT2D eigenvalue weighted by atomic mass is 16.1. The van der Waals surface area contributed by atoms with Gasteiger partial charge in [-0.2, -0.15) is 0 Å². The van der Waals surface area contributed by atoms with Crippen LogP contribution in [0.3, 0.4) is 0 Å². The van der Waals surface area contributed by atoms with E-state index in [1.807, 2.05) is 0 Å². The van der Waals surface area contributed by atoms with Gasteiger partial charge < -0.3 is 0 Å². The van der Waals surface area contributed by atoms with Gasteiger partial charge in [0.25, 0.3) is 0 Å². The molecule has 0 amide bonds. The van der Waals surface area contributed by atoms with Crippen molar-refractivity contribution in [2.24, 2.45) is 22.2 Å². The third-order valence-electron chi connectivity index (χ3n) is 6.27. The lowest BCUT2D eigenvalue weighted by Gasteiger charge is -2.43. The first-order valence-corrected chi connectivity index (χ1v) is 6.50. The van der Waals surface area contributed by atoms with E-state index in [9.17, 15) is 4.79 Å². The molecule has 0 saturated heterocycles. The first kappa shape index (κ1) is 9.86. The maximum atomic E-state index is 12.5. The molecule has 0 aromatic heterocycles. The van der Waals surface area contributed by atoms with Crippen molar-refractivity contribution in [1.29, 1.82) is 0 Å². The lowest BCUT2D eigenvalue weighted by molar-refractivity contribution is -0.129. The van der Waals surface area contributed by atoms with Gasteiger partial charge >= 0.3 is 0 Å². The van der Waals surface area contributed by atoms with Crippen molar-refractivity contribution in [3.8, 4) is 0 Å². The summed E-state index contributed by atoms with van der Waals surface area (Å²) in [4.78, 5) is 12.5. The van der Waals surface area contributed by atoms with Crippen molar-refractivity contribution >= 4 is 5.78 Å². The molecule has 0 spiro atoms. The quantitative estimate of drug-likeness (QED) is 0.592. The van der Waals surface area contributed by atoms with Gasteiger partial charge in [-0.15, -0.1) is 0 Å². The van der Waals surface area contributed by atoms with Crippen molar-refractivity contribution in [1.82, 2.24) is 0 Å². The molecule has 0 N–H and O–H groups in total. The standard InChI is InChI=1S/C14H22O/c1-10-5-8-13-6-4-7-14(10,13)11(15)9-12(13,2)3/h10H,4-9H2,1-3H3/t10-,13-,14+/m1/s1. The summed E-state index contributed by atoms with van der Waals surface area (Å²) in [6.07, 6.45) is 7.24. The van der Waals surface area contributed by atoms with Crippen molar-refractivity contribution in [3.63, 3.8) is 0 Å². The van der Waals surface area contributed by atoms with Crippen LogP contribution in [0.25, 0.3) is 0 Å². The summed E-state index contributed by atoms with van der Waals surface area (Å²) in [5.74, 6) is 1.25. The number of hydrogen-bond acceptors (Lipinski definition) is 1. The molecular formula is C14H22O. The lowest BCUT2D eigenvalue weighted by atomic mass is 9.59. The van der Waals surface area contributed by atoms with Gasteiger partial charge in [0.2, 0.25) is 0 Å². The molecule has 3 rings (SSSR count). The second-order valence-electron chi connectivity index (χ2n) is 6.83. The molecule has 3 fully saturated rings. The van der Waals surface area contributed by atoms with Crippen molar-refractivity contribution in [2.75, 3.05) is 0 Å². The fraction of sp³-hybridized carbons (Fsp3) is 0.929. The van der Waals surface area contributed by atoms with Gasteiger partial charge in [0, 0.05) is 11.8 Å². The Morgan fingerprint density at radius 1 is 1.20 bits per heavy atom. The normalized spacial score (nSPS) is 51.9. The smallest absolute Gasteiger partial charge is 0.140 e. The molecule has 3 atom stereocenters.